The summed E-state index contributed by atoms with van der Waals surface area (Å²) < 4.78 is 39.5. The first-order valence-electron chi connectivity index (χ1n) is 8.27. The number of hydrogen-bond donors (Lipinski definition) is 1. The summed E-state index contributed by atoms with van der Waals surface area (Å²) in [5.41, 5.74) is 6.56. The number of amides is 1. The monoisotopic (exact) mass is 392 g/mol. The maximum atomic E-state index is 12.2. The Morgan fingerprint density at radius 2 is 1.96 bits per heavy atom. The molecule has 3 rings (SSSR count). The second kappa shape index (κ2) is 7.99. The van der Waals surface area contributed by atoms with Crippen molar-refractivity contribution in [2.75, 3.05) is 19.5 Å². The molecule has 2 N–H and O–H groups in total. The average Bonchev–Trinajstić information content (AvgIpc) is 2.63. The van der Waals surface area contributed by atoms with Crippen LogP contribution in [0.4, 0.5) is 0 Å². The lowest BCUT2D eigenvalue weighted by Gasteiger charge is -2.25. The van der Waals surface area contributed by atoms with Crippen LogP contribution in [0.5, 0.6) is 0 Å². The Kier molecular flexibility index (Phi) is 5.68. The highest BCUT2D eigenvalue weighted by Crippen LogP contribution is 2.23. The SMILES string of the molecule is CS(=O)(=O)/N=c1\ncc(C2OCCCO2)cn1[C@H](C(N)=O)c1ccccc1. The van der Waals surface area contributed by atoms with Gasteiger partial charge in [-0.15, -0.1) is 4.40 Å². The van der Waals surface area contributed by atoms with Gasteiger partial charge < -0.3 is 15.2 Å². The normalized spacial score (nSPS) is 17.6. The van der Waals surface area contributed by atoms with E-state index in [0.717, 1.165) is 12.7 Å². The lowest BCUT2D eigenvalue weighted by atomic mass is 10.1. The molecule has 0 bridgehead atoms. The van der Waals surface area contributed by atoms with Gasteiger partial charge in [-0.3, -0.25) is 9.36 Å². The lowest BCUT2D eigenvalue weighted by molar-refractivity contribution is -0.183. The van der Waals surface area contributed by atoms with Crippen LogP contribution in [0.1, 0.15) is 29.9 Å². The number of aromatic nitrogens is 2. The summed E-state index contributed by atoms with van der Waals surface area (Å²) in [6, 6.07) is 7.74. The molecule has 1 amide bonds. The van der Waals surface area contributed by atoms with Crippen molar-refractivity contribution in [1.82, 2.24) is 9.55 Å². The van der Waals surface area contributed by atoms with Crippen molar-refractivity contribution in [2.45, 2.75) is 18.8 Å². The summed E-state index contributed by atoms with van der Waals surface area (Å²) in [6.07, 6.45) is 4.02. The predicted molar refractivity (Wildman–Crippen MR) is 95.7 cm³/mol. The molecule has 0 spiro atoms. The number of nitrogens with zero attached hydrogens (tertiary/aromatic N) is 3. The fourth-order valence-corrected chi connectivity index (χ4v) is 3.20. The maximum Gasteiger partial charge on any atom is 0.253 e. The van der Waals surface area contributed by atoms with Crippen molar-refractivity contribution in [2.24, 2.45) is 10.1 Å². The maximum absolute atomic E-state index is 12.2. The number of rotatable bonds is 5. The minimum atomic E-state index is -3.75. The van der Waals surface area contributed by atoms with Gasteiger partial charge in [0.1, 0.15) is 6.04 Å². The van der Waals surface area contributed by atoms with Crippen molar-refractivity contribution in [3.8, 4) is 0 Å². The van der Waals surface area contributed by atoms with E-state index in [1.54, 1.807) is 30.3 Å². The molecule has 0 unspecified atom stereocenters. The Balaban J connectivity index is 2.19. The first kappa shape index (κ1) is 19.2. The molecule has 0 radical (unpaired) electrons. The van der Waals surface area contributed by atoms with E-state index >= 15 is 0 Å². The van der Waals surface area contributed by atoms with Crippen LogP contribution in [0.3, 0.4) is 0 Å². The third-order valence-electron chi connectivity index (χ3n) is 3.86. The zero-order valence-electron chi connectivity index (χ0n) is 14.7. The minimum absolute atomic E-state index is 0.162. The van der Waals surface area contributed by atoms with Crippen LogP contribution in [0, 0.1) is 0 Å². The van der Waals surface area contributed by atoms with Crippen LogP contribution in [0.2, 0.25) is 0 Å². The van der Waals surface area contributed by atoms with Crippen molar-refractivity contribution in [3.05, 3.63) is 59.5 Å². The summed E-state index contributed by atoms with van der Waals surface area (Å²) >= 11 is 0. The number of ether oxygens (including phenoxy) is 2. The van der Waals surface area contributed by atoms with Gasteiger partial charge in [-0.25, -0.2) is 13.4 Å². The number of carbonyl (C=O) groups excluding carboxylic acids is 1. The van der Waals surface area contributed by atoms with E-state index in [-0.39, 0.29) is 5.62 Å². The Morgan fingerprint density at radius 3 is 2.56 bits per heavy atom. The van der Waals surface area contributed by atoms with Crippen LogP contribution in [0.15, 0.2) is 47.1 Å². The van der Waals surface area contributed by atoms with Gasteiger partial charge in [0.25, 0.3) is 10.0 Å². The molecule has 144 valence electrons. The number of benzene rings is 1. The fraction of sp³-hybridized carbons (Fsp3) is 0.353. The predicted octanol–water partition coefficient (Wildman–Crippen LogP) is 0.254. The minimum Gasteiger partial charge on any atom is -0.368 e. The molecular weight excluding hydrogens is 372 g/mol. The highest BCUT2D eigenvalue weighted by molar-refractivity contribution is 7.89. The van der Waals surface area contributed by atoms with Crippen LogP contribution in [-0.2, 0) is 24.3 Å². The molecule has 10 heteroatoms. The molecule has 0 aliphatic carbocycles. The van der Waals surface area contributed by atoms with Gasteiger partial charge in [-0.05, 0) is 12.0 Å². The molecule has 9 nitrogen and oxygen atoms in total. The number of nitrogens with two attached hydrogens (primary N) is 1. The van der Waals surface area contributed by atoms with E-state index in [9.17, 15) is 13.2 Å². The summed E-state index contributed by atoms with van der Waals surface area (Å²) in [5, 5.41) is 0. The average molecular weight is 392 g/mol. The molecule has 27 heavy (non-hydrogen) atoms. The van der Waals surface area contributed by atoms with Gasteiger partial charge >= 0.3 is 0 Å². The van der Waals surface area contributed by atoms with E-state index in [1.165, 1.54) is 17.0 Å². The standard InChI is InChI=1S/C17H20N4O5S/c1-27(23,24)20-17-19-10-13(16-25-8-5-9-26-16)11-21(17)14(15(18)22)12-6-3-2-4-7-12/h2-4,6-7,10-11,14,16H,5,8-9H2,1H3,(H2,18,22)/b20-17+/t14-/m0/s1. The van der Waals surface area contributed by atoms with Gasteiger partial charge in [0.05, 0.1) is 19.5 Å². The molecule has 1 saturated heterocycles. The molecule has 1 fully saturated rings. The Hall–Kier alpha value is -2.56. The Labute approximate surface area is 156 Å². The van der Waals surface area contributed by atoms with Gasteiger partial charge in [-0.2, -0.15) is 0 Å². The first-order chi connectivity index (χ1) is 12.8. The summed E-state index contributed by atoms with van der Waals surface area (Å²) in [6.45, 7) is 1.05. The molecular formula is C17H20N4O5S. The van der Waals surface area contributed by atoms with Crippen LogP contribution in [-0.4, -0.2) is 43.3 Å². The van der Waals surface area contributed by atoms with Crippen molar-refractivity contribution in [3.63, 3.8) is 0 Å². The van der Waals surface area contributed by atoms with E-state index < -0.39 is 28.3 Å². The highest BCUT2D eigenvalue weighted by Gasteiger charge is 2.24. The third kappa shape index (κ3) is 4.79. The summed E-state index contributed by atoms with van der Waals surface area (Å²) in [5.74, 6) is -0.680. The molecule has 1 aliphatic rings. The number of carbonyl (C=O) groups is 1. The third-order valence-corrected chi connectivity index (χ3v) is 4.35. The smallest absolute Gasteiger partial charge is 0.253 e. The second-order valence-corrected chi connectivity index (χ2v) is 7.71. The highest BCUT2D eigenvalue weighted by atomic mass is 32.2. The molecule has 2 aromatic rings. The zero-order chi connectivity index (χ0) is 19.4. The van der Waals surface area contributed by atoms with E-state index in [2.05, 4.69) is 9.38 Å². The second-order valence-electron chi connectivity index (χ2n) is 6.06. The van der Waals surface area contributed by atoms with Crippen molar-refractivity contribution < 1.29 is 22.7 Å². The van der Waals surface area contributed by atoms with E-state index in [1.807, 2.05) is 0 Å². The topological polar surface area (TPSA) is 126 Å². The van der Waals surface area contributed by atoms with Crippen molar-refractivity contribution in [1.29, 1.82) is 0 Å². The molecule has 1 aromatic heterocycles. The summed E-state index contributed by atoms with van der Waals surface area (Å²) in [7, 11) is -3.75. The van der Waals surface area contributed by atoms with Gasteiger partial charge in [0.2, 0.25) is 11.5 Å². The number of primary amides is 1. The largest absolute Gasteiger partial charge is 0.368 e. The Bertz CT molecular complexity index is 982. The zero-order valence-corrected chi connectivity index (χ0v) is 15.5. The molecule has 1 atom stereocenters. The van der Waals surface area contributed by atoms with E-state index in [0.29, 0.717) is 24.3 Å². The van der Waals surface area contributed by atoms with Crippen LogP contribution < -0.4 is 11.4 Å². The molecule has 0 saturated carbocycles. The molecule has 2 heterocycles. The fourth-order valence-electron chi connectivity index (χ4n) is 2.76. The van der Waals surface area contributed by atoms with Crippen LogP contribution >= 0.6 is 0 Å². The van der Waals surface area contributed by atoms with Crippen LogP contribution in [0.25, 0.3) is 0 Å². The number of hydrogen-bond acceptors (Lipinski definition) is 6. The van der Waals surface area contributed by atoms with Crippen molar-refractivity contribution >= 4 is 15.9 Å². The quantitative estimate of drug-likeness (QED) is 0.777. The Morgan fingerprint density at radius 1 is 1.30 bits per heavy atom. The van der Waals surface area contributed by atoms with Gasteiger partial charge in [0.15, 0.2) is 6.29 Å². The number of sulfonamides is 1. The molecule has 1 aliphatic heterocycles. The van der Waals surface area contributed by atoms with Gasteiger partial charge in [-0.1, -0.05) is 30.3 Å². The summed E-state index contributed by atoms with van der Waals surface area (Å²) in [4.78, 5) is 16.3. The first-order valence-corrected chi connectivity index (χ1v) is 10.1. The lowest BCUT2D eigenvalue weighted by Crippen LogP contribution is -2.37. The molecule has 1 aromatic carbocycles. The van der Waals surface area contributed by atoms with Gasteiger partial charge in [0, 0.05) is 18.0 Å². The van der Waals surface area contributed by atoms with E-state index in [4.69, 9.17) is 15.2 Å².